The lowest BCUT2D eigenvalue weighted by Gasteiger charge is -2.13. The highest BCUT2D eigenvalue weighted by atomic mass is 16.5. The van der Waals surface area contributed by atoms with Crippen molar-refractivity contribution in [1.82, 2.24) is 15.3 Å². The van der Waals surface area contributed by atoms with Gasteiger partial charge in [-0.1, -0.05) is 12.1 Å². The second-order valence-corrected chi connectivity index (χ2v) is 4.87. The lowest BCUT2D eigenvalue weighted by Crippen LogP contribution is -2.16. The number of rotatable bonds is 3. The fourth-order valence-electron chi connectivity index (χ4n) is 2.44. The molecular weight excluding hydrogens is 268 g/mol. The van der Waals surface area contributed by atoms with E-state index in [9.17, 15) is 5.11 Å². The van der Waals surface area contributed by atoms with Crippen molar-refractivity contribution in [2.45, 2.75) is 12.8 Å². The van der Waals surface area contributed by atoms with Crippen molar-refractivity contribution in [3.63, 3.8) is 0 Å². The first-order chi connectivity index (χ1) is 10.3. The Kier molecular flexibility index (Phi) is 3.87. The molecule has 0 spiro atoms. The summed E-state index contributed by atoms with van der Waals surface area (Å²) in [6.45, 7) is 1.79. The standard InChI is InChI=1S/C15H18N4O2/c1-21-14-10-6-8-16-9-7-11(10)17-15(19-14)18-12-4-2-3-5-13(12)20/h2-5,16,20H,6-9H2,1H3,(H,17,18,19). The average molecular weight is 286 g/mol. The number of hydrogen-bond donors (Lipinski definition) is 3. The molecule has 1 aliphatic heterocycles. The minimum Gasteiger partial charge on any atom is -0.506 e. The molecule has 2 heterocycles. The fourth-order valence-corrected chi connectivity index (χ4v) is 2.44. The lowest BCUT2D eigenvalue weighted by atomic mass is 10.1. The monoisotopic (exact) mass is 286 g/mol. The van der Waals surface area contributed by atoms with Crippen molar-refractivity contribution in [2.24, 2.45) is 0 Å². The van der Waals surface area contributed by atoms with Gasteiger partial charge in [-0.3, -0.25) is 0 Å². The van der Waals surface area contributed by atoms with Crippen LogP contribution in [0.3, 0.4) is 0 Å². The number of hydrogen-bond acceptors (Lipinski definition) is 6. The number of benzene rings is 1. The number of ether oxygens (including phenoxy) is 1. The number of phenols is 1. The molecule has 3 rings (SSSR count). The molecule has 0 radical (unpaired) electrons. The molecule has 0 saturated heterocycles. The normalized spacial score (nSPS) is 14.1. The summed E-state index contributed by atoms with van der Waals surface area (Å²) in [6, 6.07) is 7.00. The minimum atomic E-state index is 0.164. The highest BCUT2D eigenvalue weighted by Gasteiger charge is 2.17. The highest BCUT2D eigenvalue weighted by molar-refractivity contribution is 5.62. The lowest BCUT2D eigenvalue weighted by molar-refractivity contribution is 0.391. The Labute approximate surface area is 123 Å². The molecular formula is C15H18N4O2. The van der Waals surface area contributed by atoms with Gasteiger partial charge >= 0.3 is 0 Å². The van der Waals surface area contributed by atoms with Crippen molar-refractivity contribution >= 4 is 11.6 Å². The van der Waals surface area contributed by atoms with Crippen LogP contribution in [0.1, 0.15) is 11.3 Å². The zero-order valence-electron chi connectivity index (χ0n) is 11.9. The molecule has 3 N–H and O–H groups in total. The van der Waals surface area contributed by atoms with Crippen LogP contribution in [-0.4, -0.2) is 35.3 Å². The first kappa shape index (κ1) is 13.6. The highest BCUT2D eigenvalue weighted by Crippen LogP contribution is 2.27. The minimum absolute atomic E-state index is 0.164. The van der Waals surface area contributed by atoms with Crippen LogP contribution >= 0.6 is 0 Å². The summed E-state index contributed by atoms with van der Waals surface area (Å²) < 4.78 is 5.40. The Morgan fingerprint density at radius 3 is 2.81 bits per heavy atom. The number of nitrogens with zero attached hydrogens (tertiary/aromatic N) is 2. The Morgan fingerprint density at radius 1 is 1.19 bits per heavy atom. The van der Waals surface area contributed by atoms with Crippen LogP contribution in [0.4, 0.5) is 11.6 Å². The number of fused-ring (bicyclic) bond motifs is 1. The number of aromatic nitrogens is 2. The molecule has 110 valence electrons. The summed E-state index contributed by atoms with van der Waals surface area (Å²) in [7, 11) is 1.62. The van der Waals surface area contributed by atoms with Crippen LogP contribution < -0.4 is 15.4 Å². The molecule has 0 fully saturated rings. The number of nitrogens with one attached hydrogen (secondary N) is 2. The van der Waals surface area contributed by atoms with Gasteiger partial charge in [-0.05, 0) is 25.1 Å². The summed E-state index contributed by atoms with van der Waals surface area (Å²) >= 11 is 0. The van der Waals surface area contributed by atoms with Crippen molar-refractivity contribution < 1.29 is 9.84 Å². The van der Waals surface area contributed by atoms with Crippen LogP contribution in [0.5, 0.6) is 11.6 Å². The summed E-state index contributed by atoms with van der Waals surface area (Å²) in [5, 5.41) is 16.2. The summed E-state index contributed by atoms with van der Waals surface area (Å²) in [6.07, 6.45) is 1.69. The molecule has 1 aliphatic rings. The van der Waals surface area contributed by atoms with Gasteiger partial charge in [0.25, 0.3) is 0 Å². The molecule has 0 aliphatic carbocycles. The molecule has 0 bridgehead atoms. The van der Waals surface area contributed by atoms with Gasteiger partial charge in [0.2, 0.25) is 11.8 Å². The molecule has 0 saturated carbocycles. The zero-order chi connectivity index (χ0) is 14.7. The smallest absolute Gasteiger partial charge is 0.230 e. The van der Waals surface area contributed by atoms with Crippen molar-refractivity contribution in [3.8, 4) is 11.6 Å². The summed E-state index contributed by atoms with van der Waals surface area (Å²) in [5.41, 5.74) is 2.63. The van der Waals surface area contributed by atoms with E-state index in [4.69, 9.17) is 4.74 Å². The summed E-state index contributed by atoms with van der Waals surface area (Å²) in [4.78, 5) is 8.96. The predicted molar refractivity (Wildman–Crippen MR) is 80.3 cm³/mol. The molecule has 6 heteroatoms. The van der Waals surface area contributed by atoms with Gasteiger partial charge < -0.3 is 20.5 Å². The van der Waals surface area contributed by atoms with E-state index >= 15 is 0 Å². The van der Waals surface area contributed by atoms with Gasteiger partial charge in [0.1, 0.15) is 5.75 Å². The van der Waals surface area contributed by atoms with Crippen molar-refractivity contribution in [2.75, 3.05) is 25.5 Å². The SMILES string of the molecule is COc1nc(Nc2ccccc2O)nc2c1CCNCC2. The molecule has 2 aromatic rings. The molecule has 1 aromatic heterocycles. The average Bonchev–Trinajstić information content (AvgIpc) is 2.74. The first-order valence-electron chi connectivity index (χ1n) is 6.97. The van der Waals surface area contributed by atoms with Gasteiger partial charge in [0.05, 0.1) is 18.5 Å². The van der Waals surface area contributed by atoms with Crippen LogP contribution in [0.25, 0.3) is 0 Å². The second kappa shape index (κ2) is 5.97. The van der Waals surface area contributed by atoms with E-state index in [1.54, 1.807) is 25.3 Å². The van der Waals surface area contributed by atoms with Crippen LogP contribution in [0.15, 0.2) is 24.3 Å². The number of phenolic OH excluding ortho intramolecular Hbond substituents is 1. The molecule has 6 nitrogen and oxygen atoms in total. The maximum atomic E-state index is 9.82. The number of methoxy groups -OCH3 is 1. The third-order valence-electron chi connectivity index (χ3n) is 3.49. The van der Waals surface area contributed by atoms with Gasteiger partial charge in [0, 0.05) is 18.5 Å². The number of aromatic hydroxyl groups is 1. The van der Waals surface area contributed by atoms with Gasteiger partial charge in [0.15, 0.2) is 0 Å². The van der Waals surface area contributed by atoms with Gasteiger partial charge in [-0.15, -0.1) is 0 Å². The Morgan fingerprint density at radius 2 is 2.00 bits per heavy atom. The van der Waals surface area contributed by atoms with E-state index < -0.39 is 0 Å². The predicted octanol–water partition coefficient (Wildman–Crippen LogP) is 1.62. The van der Waals surface area contributed by atoms with E-state index in [0.717, 1.165) is 37.2 Å². The maximum absolute atomic E-state index is 9.82. The zero-order valence-corrected chi connectivity index (χ0v) is 11.9. The molecule has 0 unspecified atom stereocenters. The van der Waals surface area contributed by atoms with Crippen LogP contribution in [-0.2, 0) is 12.8 Å². The van der Waals surface area contributed by atoms with Gasteiger partial charge in [-0.2, -0.15) is 4.98 Å². The topological polar surface area (TPSA) is 79.3 Å². The maximum Gasteiger partial charge on any atom is 0.230 e. The first-order valence-corrected chi connectivity index (χ1v) is 6.97. The van der Waals surface area contributed by atoms with Crippen molar-refractivity contribution in [3.05, 3.63) is 35.5 Å². The Balaban J connectivity index is 1.96. The van der Waals surface area contributed by atoms with Crippen LogP contribution in [0.2, 0.25) is 0 Å². The van der Waals surface area contributed by atoms with Crippen LogP contribution in [0, 0.1) is 0 Å². The van der Waals surface area contributed by atoms with Crippen molar-refractivity contribution in [1.29, 1.82) is 0 Å². The van der Waals surface area contributed by atoms with E-state index in [-0.39, 0.29) is 5.75 Å². The Bertz CT molecular complexity index is 646. The molecule has 1 aromatic carbocycles. The number of para-hydroxylation sites is 2. The summed E-state index contributed by atoms with van der Waals surface area (Å²) in [5.74, 6) is 1.20. The second-order valence-electron chi connectivity index (χ2n) is 4.87. The Hall–Kier alpha value is -2.34. The molecule has 0 amide bonds. The number of anilines is 2. The van der Waals surface area contributed by atoms with E-state index in [1.165, 1.54) is 0 Å². The van der Waals surface area contributed by atoms with E-state index in [2.05, 4.69) is 20.6 Å². The molecule has 0 atom stereocenters. The van der Waals surface area contributed by atoms with E-state index in [0.29, 0.717) is 17.5 Å². The van der Waals surface area contributed by atoms with E-state index in [1.807, 2.05) is 6.07 Å². The largest absolute Gasteiger partial charge is 0.506 e. The molecule has 21 heavy (non-hydrogen) atoms. The fraction of sp³-hybridized carbons (Fsp3) is 0.333. The third kappa shape index (κ3) is 2.90. The third-order valence-corrected chi connectivity index (χ3v) is 3.49. The van der Waals surface area contributed by atoms with Gasteiger partial charge in [-0.25, -0.2) is 4.98 Å². The quantitative estimate of drug-likeness (QED) is 0.744.